The molecular formula is C20H19N5. The molecule has 5 N–H and O–H groups in total. The van der Waals surface area contributed by atoms with Crippen molar-refractivity contribution in [2.24, 2.45) is 5.73 Å². The molecule has 3 heterocycles. The van der Waals surface area contributed by atoms with E-state index in [-0.39, 0.29) is 12.2 Å². The molecule has 2 aromatic carbocycles. The highest BCUT2D eigenvalue weighted by molar-refractivity contribution is 5.85. The van der Waals surface area contributed by atoms with Crippen LogP contribution in [0.25, 0.3) is 22.2 Å². The maximum absolute atomic E-state index is 6.37. The second kappa shape index (κ2) is 5.58. The number of H-pyrrole nitrogens is 2. The highest BCUT2D eigenvalue weighted by atomic mass is 15.1. The van der Waals surface area contributed by atoms with Gasteiger partial charge in [0.25, 0.3) is 0 Å². The van der Waals surface area contributed by atoms with Crippen molar-refractivity contribution in [3.05, 3.63) is 77.9 Å². The van der Waals surface area contributed by atoms with E-state index >= 15 is 0 Å². The molecule has 5 heteroatoms. The van der Waals surface area contributed by atoms with Gasteiger partial charge in [0.2, 0.25) is 0 Å². The Kier molecular flexibility index (Phi) is 3.23. The average molecular weight is 329 g/mol. The molecule has 0 spiro atoms. The van der Waals surface area contributed by atoms with Crippen LogP contribution in [0, 0.1) is 0 Å². The van der Waals surface area contributed by atoms with Crippen molar-refractivity contribution in [1.82, 2.24) is 20.3 Å². The summed E-state index contributed by atoms with van der Waals surface area (Å²) in [6.45, 7) is 0. The van der Waals surface area contributed by atoms with E-state index in [0.717, 1.165) is 34.7 Å². The first-order valence-electron chi connectivity index (χ1n) is 8.51. The monoisotopic (exact) mass is 329 g/mol. The van der Waals surface area contributed by atoms with E-state index in [9.17, 15) is 0 Å². The van der Waals surface area contributed by atoms with Gasteiger partial charge in [-0.25, -0.2) is 4.98 Å². The molecule has 0 aliphatic carbocycles. The SMILES string of the molecule is NC1NC(c2ncc(-c3ccccc3)[nH]2)Cc2c1[nH]c1ccccc21. The van der Waals surface area contributed by atoms with Crippen LogP contribution in [0.2, 0.25) is 0 Å². The number of hydrogen-bond acceptors (Lipinski definition) is 3. The van der Waals surface area contributed by atoms with Crippen LogP contribution in [-0.2, 0) is 6.42 Å². The molecule has 0 amide bonds. The Hall–Kier alpha value is -2.89. The summed E-state index contributed by atoms with van der Waals surface area (Å²) in [6, 6.07) is 18.7. The van der Waals surface area contributed by atoms with E-state index in [1.54, 1.807) is 0 Å². The zero-order valence-electron chi connectivity index (χ0n) is 13.7. The molecule has 124 valence electrons. The summed E-state index contributed by atoms with van der Waals surface area (Å²) in [7, 11) is 0. The first-order chi connectivity index (χ1) is 12.3. The van der Waals surface area contributed by atoms with E-state index in [1.165, 1.54) is 10.9 Å². The van der Waals surface area contributed by atoms with Crippen LogP contribution in [0.15, 0.2) is 60.8 Å². The molecule has 5 nitrogen and oxygen atoms in total. The number of aromatic amines is 2. The maximum atomic E-state index is 6.37. The fraction of sp³-hybridized carbons (Fsp3) is 0.150. The third kappa shape index (κ3) is 2.36. The summed E-state index contributed by atoms with van der Waals surface area (Å²) in [6.07, 6.45) is 2.52. The number of fused-ring (bicyclic) bond motifs is 3. The number of nitrogens with two attached hydrogens (primary N) is 1. The van der Waals surface area contributed by atoms with Gasteiger partial charge >= 0.3 is 0 Å². The molecule has 0 bridgehead atoms. The lowest BCUT2D eigenvalue weighted by atomic mass is 9.96. The quantitative estimate of drug-likeness (QED) is 0.455. The zero-order valence-corrected chi connectivity index (χ0v) is 13.7. The third-order valence-electron chi connectivity index (χ3n) is 4.96. The van der Waals surface area contributed by atoms with Crippen LogP contribution in [0.4, 0.5) is 0 Å². The highest BCUT2D eigenvalue weighted by Crippen LogP contribution is 2.34. The molecule has 4 aromatic rings. The minimum absolute atomic E-state index is 0.0687. The predicted octanol–water partition coefficient (Wildman–Crippen LogP) is 3.40. The van der Waals surface area contributed by atoms with Crippen LogP contribution in [0.5, 0.6) is 0 Å². The molecule has 1 aliphatic rings. The fourth-order valence-corrected chi connectivity index (χ4v) is 3.72. The van der Waals surface area contributed by atoms with Gasteiger partial charge < -0.3 is 15.7 Å². The summed E-state index contributed by atoms with van der Waals surface area (Å²) in [5.74, 6) is 0.922. The number of rotatable bonds is 2. The minimum Gasteiger partial charge on any atom is -0.356 e. The summed E-state index contributed by atoms with van der Waals surface area (Å²) in [4.78, 5) is 11.5. The Bertz CT molecular complexity index is 1030. The lowest BCUT2D eigenvalue weighted by Crippen LogP contribution is -2.38. The predicted molar refractivity (Wildman–Crippen MR) is 98.8 cm³/mol. The molecule has 2 unspecified atom stereocenters. The standard InChI is InChI=1S/C20H19N5/c21-19-18-14(13-8-4-5-9-15(13)23-18)10-16(24-19)20-22-11-17(25-20)12-6-2-1-3-7-12/h1-9,11,16,19,23-24H,10,21H2,(H,22,25). The van der Waals surface area contributed by atoms with Gasteiger partial charge in [-0.3, -0.25) is 5.32 Å². The van der Waals surface area contributed by atoms with Crippen LogP contribution >= 0.6 is 0 Å². The summed E-state index contributed by atoms with van der Waals surface area (Å²) in [5.41, 5.74) is 12.0. The zero-order chi connectivity index (χ0) is 16.8. The van der Waals surface area contributed by atoms with E-state index in [1.807, 2.05) is 30.5 Å². The number of hydrogen-bond donors (Lipinski definition) is 4. The molecule has 2 aromatic heterocycles. The molecule has 5 rings (SSSR count). The lowest BCUT2D eigenvalue weighted by molar-refractivity contribution is 0.404. The molecule has 0 fully saturated rings. The number of para-hydroxylation sites is 1. The number of nitrogens with one attached hydrogen (secondary N) is 3. The first kappa shape index (κ1) is 14.5. The minimum atomic E-state index is -0.230. The lowest BCUT2D eigenvalue weighted by Gasteiger charge is -2.27. The Morgan fingerprint density at radius 3 is 2.64 bits per heavy atom. The van der Waals surface area contributed by atoms with Gasteiger partial charge in [0, 0.05) is 10.9 Å². The van der Waals surface area contributed by atoms with Gasteiger partial charge in [0.05, 0.1) is 29.8 Å². The van der Waals surface area contributed by atoms with Crippen LogP contribution in [0.1, 0.15) is 29.3 Å². The van der Waals surface area contributed by atoms with E-state index in [4.69, 9.17) is 5.73 Å². The van der Waals surface area contributed by atoms with Crippen LogP contribution < -0.4 is 11.1 Å². The van der Waals surface area contributed by atoms with Crippen LogP contribution in [0.3, 0.4) is 0 Å². The number of aromatic nitrogens is 3. The van der Waals surface area contributed by atoms with Gasteiger partial charge in [-0.15, -0.1) is 0 Å². The third-order valence-corrected chi connectivity index (χ3v) is 4.96. The van der Waals surface area contributed by atoms with Crippen molar-refractivity contribution in [2.45, 2.75) is 18.6 Å². The topological polar surface area (TPSA) is 82.5 Å². The van der Waals surface area contributed by atoms with Gasteiger partial charge in [0.15, 0.2) is 0 Å². The molecule has 25 heavy (non-hydrogen) atoms. The van der Waals surface area contributed by atoms with Crippen molar-refractivity contribution < 1.29 is 0 Å². The van der Waals surface area contributed by atoms with E-state index < -0.39 is 0 Å². The molecular weight excluding hydrogens is 310 g/mol. The molecule has 2 atom stereocenters. The Labute approximate surface area is 145 Å². The number of imidazole rings is 1. The van der Waals surface area contributed by atoms with Crippen molar-refractivity contribution in [2.75, 3.05) is 0 Å². The maximum Gasteiger partial charge on any atom is 0.124 e. The molecule has 0 saturated carbocycles. The normalized spacial score (nSPS) is 19.9. The highest BCUT2D eigenvalue weighted by Gasteiger charge is 2.29. The van der Waals surface area contributed by atoms with E-state index in [0.29, 0.717) is 0 Å². The number of benzene rings is 2. The smallest absolute Gasteiger partial charge is 0.124 e. The summed E-state index contributed by atoms with van der Waals surface area (Å²) in [5, 5.41) is 4.71. The Morgan fingerprint density at radius 1 is 0.960 bits per heavy atom. The Morgan fingerprint density at radius 2 is 1.76 bits per heavy atom. The largest absolute Gasteiger partial charge is 0.356 e. The second-order valence-corrected chi connectivity index (χ2v) is 6.51. The van der Waals surface area contributed by atoms with Crippen LogP contribution in [-0.4, -0.2) is 15.0 Å². The average Bonchev–Trinajstić information content (AvgIpc) is 3.28. The second-order valence-electron chi connectivity index (χ2n) is 6.51. The van der Waals surface area contributed by atoms with Gasteiger partial charge in [-0.1, -0.05) is 48.5 Å². The molecule has 1 aliphatic heterocycles. The van der Waals surface area contributed by atoms with Crippen molar-refractivity contribution >= 4 is 10.9 Å². The molecule has 0 radical (unpaired) electrons. The van der Waals surface area contributed by atoms with E-state index in [2.05, 4.69) is 50.6 Å². The number of nitrogens with zero attached hydrogens (tertiary/aromatic N) is 1. The van der Waals surface area contributed by atoms with Crippen molar-refractivity contribution in [3.63, 3.8) is 0 Å². The van der Waals surface area contributed by atoms with Crippen molar-refractivity contribution in [1.29, 1.82) is 0 Å². The van der Waals surface area contributed by atoms with Crippen molar-refractivity contribution in [3.8, 4) is 11.3 Å². The fourth-order valence-electron chi connectivity index (χ4n) is 3.72. The van der Waals surface area contributed by atoms with Gasteiger partial charge in [-0.05, 0) is 23.6 Å². The summed E-state index contributed by atoms with van der Waals surface area (Å²) >= 11 is 0. The Balaban J connectivity index is 1.51. The summed E-state index contributed by atoms with van der Waals surface area (Å²) < 4.78 is 0. The van der Waals surface area contributed by atoms with Gasteiger partial charge in [-0.2, -0.15) is 0 Å². The first-order valence-corrected chi connectivity index (χ1v) is 8.51. The molecule has 0 saturated heterocycles. The van der Waals surface area contributed by atoms with Gasteiger partial charge in [0.1, 0.15) is 5.82 Å².